The molecule has 1 atom stereocenters. The lowest BCUT2D eigenvalue weighted by molar-refractivity contribution is 0.668. The maximum absolute atomic E-state index is 5.22. The molecule has 0 aliphatic rings. The number of thiocarbonyl (C=S) groups is 1. The molecule has 0 aliphatic heterocycles. The molecule has 0 aliphatic carbocycles. The summed E-state index contributed by atoms with van der Waals surface area (Å²) in [5.74, 6) is 0.567. The molecule has 0 nitrogen and oxygen atoms in total. The first-order valence-electron chi connectivity index (χ1n) is 4.78. The molecule has 1 aromatic rings. The van der Waals surface area contributed by atoms with E-state index in [2.05, 4.69) is 37.3 Å². The van der Waals surface area contributed by atoms with Gasteiger partial charge in [0.15, 0.2) is 0 Å². The Morgan fingerprint density at radius 1 is 1.31 bits per heavy atom. The molecule has 13 heavy (non-hydrogen) atoms. The zero-order valence-corrected chi connectivity index (χ0v) is 9.10. The predicted octanol–water partition coefficient (Wildman–Crippen LogP) is 3.65. The van der Waals surface area contributed by atoms with E-state index < -0.39 is 0 Å². The van der Waals surface area contributed by atoms with E-state index >= 15 is 0 Å². The lowest BCUT2D eigenvalue weighted by atomic mass is 9.94. The van der Waals surface area contributed by atoms with E-state index in [4.69, 9.17) is 12.2 Å². The zero-order valence-electron chi connectivity index (χ0n) is 8.29. The SMILES string of the molecule is CCC(Cc1ccccc1)C(C)=S. The van der Waals surface area contributed by atoms with Crippen molar-refractivity contribution in [2.24, 2.45) is 5.92 Å². The molecule has 0 fully saturated rings. The van der Waals surface area contributed by atoms with E-state index in [1.165, 1.54) is 5.56 Å². The standard InChI is InChI=1S/C12H16S/c1-3-12(10(2)13)9-11-7-5-4-6-8-11/h4-8,12H,3,9H2,1-2H3. The summed E-state index contributed by atoms with van der Waals surface area (Å²) < 4.78 is 0. The summed E-state index contributed by atoms with van der Waals surface area (Å²) >= 11 is 5.22. The third-order valence-electron chi connectivity index (χ3n) is 2.39. The van der Waals surface area contributed by atoms with Crippen molar-refractivity contribution in [3.8, 4) is 0 Å². The fraction of sp³-hybridized carbons (Fsp3) is 0.417. The van der Waals surface area contributed by atoms with Gasteiger partial charge >= 0.3 is 0 Å². The van der Waals surface area contributed by atoms with E-state index in [9.17, 15) is 0 Å². The summed E-state index contributed by atoms with van der Waals surface area (Å²) in [4.78, 5) is 1.13. The Labute approximate surface area is 86.0 Å². The van der Waals surface area contributed by atoms with Crippen molar-refractivity contribution in [2.75, 3.05) is 0 Å². The Morgan fingerprint density at radius 3 is 2.38 bits per heavy atom. The van der Waals surface area contributed by atoms with Crippen LogP contribution in [0.5, 0.6) is 0 Å². The second kappa shape index (κ2) is 5.13. The van der Waals surface area contributed by atoms with Gasteiger partial charge in [-0.25, -0.2) is 0 Å². The number of hydrogen-bond acceptors (Lipinski definition) is 1. The lowest BCUT2D eigenvalue weighted by Gasteiger charge is -2.12. The molecule has 0 N–H and O–H groups in total. The summed E-state index contributed by atoms with van der Waals surface area (Å²) in [6, 6.07) is 10.6. The minimum atomic E-state index is 0.567. The van der Waals surface area contributed by atoms with Crippen LogP contribution in [-0.4, -0.2) is 4.86 Å². The van der Waals surface area contributed by atoms with E-state index in [-0.39, 0.29) is 0 Å². The summed E-state index contributed by atoms with van der Waals surface area (Å²) in [6.45, 7) is 4.25. The van der Waals surface area contributed by atoms with Crippen LogP contribution in [0.1, 0.15) is 25.8 Å². The van der Waals surface area contributed by atoms with Crippen molar-refractivity contribution < 1.29 is 0 Å². The Morgan fingerprint density at radius 2 is 1.92 bits per heavy atom. The predicted molar refractivity (Wildman–Crippen MR) is 62.2 cm³/mol. The average molecular weight is 192 g/mol. The molecular weight excluding hydrogens is 176 g/mol. The van der Waals surface area contributed by atoms with Crippen LogP contribution >= 0.6 is 12.2 Å². The first kappa shape index (κ1) is 10.4. The van der Waals surface area contributed by atoms with Crippen molar-refractivity contribution in [1.29, 1.82) is 0 Å². The van der Waals surface area contributed by atoms with Crippen LogP contribution in [0.2, 0.25) is 0 Å². The molecule has 0 aromatic heterocycles. The first-order chi connectivity index (χ1) is 6.24. The molecule has 1 heteroatoms. The van der Waals surface area contributed by atoms with Gasteiger partial charge in [0.05, 0.1) is 0 Å². The largest absolute Gasteiger partial charge is 0.0897 e. The zero-order chi connectivity index (χ0) is 9.68. The van der Waals surface area contributed by atoms with Crippen molar-refractivity contribution in [3.63, 3.8) is 0 Å². The van der Waals surface area contributed by atoms with Crippen LogP contribution in [0, 0.1) is 5.92 Å². The second-order valence-electron chi connectivity index (χ2n) is 3.41. The highest BCUT2D eigenvalue weighted by atomic mass is 32.1. The molecule has 0 heterocycles. The second-order valence-corrected chi connectivity index (χ2v) is 4.05. The van der Waals surface area contributed by atoms with Crippen molar-refractivity contribution >= 4 is 17.1 Å². The average Bonchev–Trinajstić information content (AvgIpc) is 2.15. The topological polar surface area (TPSA) is 0 Å². The van der Waals surface area contributed by atoms with Gasteiger partial charge in [0.25, 0.3) is 0 Å². The van der Waals surface area contributed by atoms with Crippen LogP contribution in [0.25, 0.3) is 0 Å². The fourth-order valence-electron chi connectivity index (χ4n) is 1.47. The Balaban J connectivity index is 2.62. The molecule has 0 bridgehead atoms. The molecule has 70 valence electrons. The van der Waals surface area contributed by atoms with Crippen LogP contribution < -0.4 is 0 Å². The normalized spacial score (nSPS) is 12.5. The highest BCUT2D eigenvalue weighted by molar-refractivity contribution is 7.80. The Kier molecular flexibility index (Phi) is 4.10. The van der Waals surface area contributed by atoms with Crippen LogP contribution in [0.4, 0.5) is 0 Å². The monoisotopic (exact) mass is 192 g/mol. The number of benzene rings is 1. The van der Waals surface area contributed by atoms with Gasteiger partial charge in [0.1, 0.15) is 0 Å². The molecule has 0 spiro atoms. The first-order valence-corrected chi connectivity index (χ1v) is 5.19. The summed E-state index contributed by atoms with van der Waals surface area (Å²) in [5, 5.41) is 0. The minimum absolute atomic E-state index is 0.567. The van der Waals surface area contributed by atoms with Crippen molar-refractivity contribution in [1.82, 2.24) is 0 Å². The Bertz CT molecular complexity index is 264. The molecule has 0 radical (unpaired) electrons. The molecule has 0 saturated carbocycles. The van der Waals surface area contributed by atoms with Crippen molar-refractivity contribution in [2.45, 2.75) is 26.7 Å². The summed E-state index contributed by atoms with van der Waals surface area (Å²) in [5.41, 5.74) is 1.39. The molecule has 1 unspecified atom stereocenters. The molecule has 1 rings (SSSR count). The maximum Gasteiger partial charge on any atom is -0.00631 e. The van der Waals surface area contributed by atoms with Gasteiger partial charge in [-0.05, 0) is 36.1 Å². The van der Waals surface area contributed by atoms with Gasteiger partial charge in [-0.2, -0.15) is 0 Å². The van der Waals surface area contributed by atoms with Gasteiger partial charge in [-0.15, -0.1) is 0 Å². The number of hydrogen-bond donors (Lipinski definition) is 0. The fourth-order valence-corrected chi connectivity index (χ4v) is 1.72. The minimum Gasteiger partial charge on any atom is -0.0897 e. The lowest BCUT2D eigenvalue weighted by Crippen LogP contribution is -2.10. The molecule has 1 aromatic carbocycles. The van der Waals surface area contributed by atoms with E-state index in [1.807, 2.05) is 6.92 Å². The number of rotatable bonds is 4. The van der Waals surface area contributed by atoms with Gasteiger partial charge in [-0.3, -0.25) is 0 Å². The molecular formula is C12H16S. The third kappa shape index (κ3) is 3.27. The molecule has 0 amide bonds. The molecule has 0 saturated heterocycles. The smallest absolute Gasteiger partial charge is 0.00631 e. The van der Waals surface area contributed by atoms with E-state index in [0.29, 0.717) is 5.92 Å². The quantitative estimate of drug-likeness (QED) is 0.656. The summed E-state index contributed by atoms with van der Waals surface area (Å²) in [7, 11) is 0. The highest BCUT2D eigenvalue weighted by Gasteiger charge is 2.08. The van der Waals surface area contributed by atoms with Gasteiger partial charge in [-0.1, -0.05) is 49.5 Å². The van der Waals surface area contributed by atoms with Gasteiger partial charge in [0, 0.05) is 0 Å². The van der Waals surface area contributed by atoms with E-state index in [1.54, 1.807) is 0 Å². The van der Waals surface area contributed by atoms with E-state index in [0.717, 1.165) is 17.7 Å². The van der Waals surface area contributed by atoms with Crippen LogP contribution in [0.15, 0.2) is 30.3 Å². The Hall–Kier alpha value is -0.690. The van der Waals surface area contributed by atoms with Gasteiger partial charge in [0.2, 0.25) is 0 Å². The maximum atomic E-state index is 5.22. The summed E-state index contributed by atoms with van der Waals surface area (Å²) in [6.07, 6.45) is 2.23. The van der Waals surface area contributed by atoms with Crippen molar-refractivity contribution in [3.05, 3.63) is 35.9 Å². The van der Waals surface area contributed by atoms with Crippen LogP contribution in [-0.2, 0) is 6.42 Å². The van der Waals surface area contributed by atoms with Gasteiger partial charge < -0.3 is 0 Å². The highest BCUT2D eigenvalue weighted by Crippen LogP contribution is 2.13. The van der Waals surface area contributed by atoms with Crippen LogP contribution in [0.3, 0.4) is 0 Å². The third-order valence-corrected chi connectivity index (χ3v) is 2.73.